The minimum atomic E-state index is -0.174. The van der Waals surface area contributed by atoms with Gasteiger partial charge in [0.15, 0.2) is 0 Å². The van der Waals surface area contributed by atoms with Crippen LogP contribution in [0.3, 0.4) is 0 Å². The molecule has 0 bridgehead atoms. The van der Waals surface area contributed by atoms with Gasteiger partial charge in [-0.2, -0.15) is 5.10 Å². The van der Waals surface area contributed by atoms with Gasteiger partial charge in [-0.05, 0) is 26.3 Å². The molecule has 0 saturated carbocycles. The van der Waals surface area contributed by atoms with E-state index >= 15 is 0 Å². The van der Waals surface area contributed by atoms with E-state index in [1.165, 1.54) is 16.8 Å². The zero-order valence-electron chi connectivity index (χ0n) is 12.2. The third-order valence-electron chi connectivity index (χ3n) is 3.39. The highest BCUT2D eigenvalue weighted by Gasteiger charge is 2.29. The van der Waals surface area contributed by atoms with E-state index in [1.54, 1.807) is 4.90 Å². The van der Waals surface area contributed by atoms with Crippen LogP contribution >= 0.6 is 0 Å². The quantitative estimate of drug-likeness (QED) is 0.824. The van der Waals surface area contributed by atoms with E-state index in [1.807, 2.05) is 20.8 Å². The molecule has 1 saturated heterocycles. The predicted molar refractivity (Wildman–Crippen MR) is 74.7 cm³/mol. The molecule has 0 N–H and O–H groups in total. The molecule has 0 aliphatic carbocycles. The zero-order valence-corrected chi connectivity index (χ0v) is 12.2. The van der Waals surface area contributed by atoms with Gasteiger partial charge in [0.2, 0.25) is 0 Å². The first-order valence-corrected chi connectivity index (χ1v) is 7.03. The molecule has 0 aromatic carbocycles. The number of aryl methyl sites for hydroxylation is 1. The largest absolute Gasteiger partial charge is 0.375 e. The standard InChI is InChI=1S/C14H21N3O3/c1-4-7-17-13(18)6-5-12(15-17)14(19)16-8-11(3)20-9-10(16)2/h5-6,10-11H,4,7-9H2,1-3H3/t10-,11+/m0/s1. The van der Waals surface area contributed by atoms with Crippen LogP contribution < -0.4 is 5.56 Å². The summed E-state index contributed by atoms with van der Waals surface area (Å²) in [6, 6.07) is 2.93. The Hall–Kier alpha value is -1.69. The molecule has 1 fully saturated rings. The number of amides is 1. The van der Waals surface area contributed by atoms with Crippen molar-refractivity contribution in [1.29, 1.82) is 0 Å². The molecule has 1 aromatic rings. The van der Waals surface area contributed by atoms with E-state index in [9.17, 15) is 9.59 Å². The summed E-state index contributed by atoms with van der Waals surface area (Å²) in [7, 11) is 0. The summed E-state index contributed by atoms with van der Waals surface area (Å²) >= 11 is 0. The van der Waals surface area contributed by atoms with E-state index in [-0.39, 0.29) is 23.6 Å². The molecular formula is C14H21N3O3. The Morgan fingerprint density at radius 2 is 2.20 bits per heavy atom. The number of carbonyl (C=O) groups excluding carboxylic acids is 1. The summed E-state index contributed by atoms with van der Waals surface area (Å²) in [5.41, 5.74) is 0.144. The van der Waals surface area contributed by atoms with Gasteiger partial charge < -0.3 is 9.64 Å². The lowest BCUT2D eigenvalue weighted by molar-refractivity contribution is -0.0389. The molecule has 2 heterocycles. The Labute approximate surface area is 118 Å². The highest BCUT2D eigenvalue weighted by Crippen LogP contribution is 2.14. The maximum atomic E-state index is 12.5. The third-order valence-corrected chi connectivity index (χ3v) is 3.39. The Kier molecular flexibility index (Phi) is 4.54. The van der Waals surface area contributed by atoms with Crippen molar-refractivity contribution in [1.82, 2.24) is 14.7 Å². The van der Waals surface area contributed by atoms with Crippen LogP contribution in [0.5, 0.6) is 0 Å². The van der Waals surface area contributed by atoms with Crippen LogP contribution in [0, 0.1) is 0 Å². The maximum absolute atomic E-state index is 12.5. The van der Waals surface area contributed by atoms with Crippen molar-refractivity contribution in [3.8, 4) is 0 Å². The van der Waals surface area contributed by atoms with E-state index < -0.39 is 0 Å². The molecule has 2 rings (SSSR count). The van der Waals surface area contributed by atoms with Crippen LogP contribution in [-0.4, -0.2) is 45.9 Å². The summed E-state index contributed by atoms with van der Waals surface area (Å²) in [5, 5.41) is 4.17. The monoisotopic (exact) mass is 279 g/mol. The highest BCUT2D eigenvalue weighted by atomic mass is 16.5. The van der Waals surface area contributed by atoms with Crippen molar-refractivity contribution in [3.05, 3.63) is 28.2 Å². The van der Waals surface area contributed by atoms with Gasteiger partial charge in [0.05, 0.1) is 18.8 Å². The Morgan fingerprint density at radius 1 is 1.45 bits per heavy atom. The molecule has 1 amide bonds. The fourth-order valence-electron chi connectivity index (χ4n) is 2.27. The summed E-state index contributed by atoms with van der Waals surface area (Å²) in [6.45, 7) is 7.46. The number of morpholine rings is 1. The van der Waals surface area contributed by atoms with Gasteiger partial charge >= 0.3 is 0 Å². The minimum Gasteiger partial charge on any atom is -0.375 e. The van der Waals surface area contributed by atoms with Gasteiger partial charge in [-0.15, -0.1) is 0 Å². The number of aromatic nitrogens is 2. The molecule has 20 heavy (non-hydrogen) atoms. The number of nitrogens with zero attached hydrogens (tertiary/aromatic N) is 3. The molecule has 1 aliphatic rings. The second-order valence-electron chi connectivity index (χ2n) is 5.23. The first kappa shape index (κ1) is 14.7. The lowest BCUT2D eigenvalue weighted by Crippen LogP contribution is -2.50. The number of rotatable bonds is 3. The Bertz CT molecular complexity index is 541. The van der Waals surface area contributed by atoms with Crippen LogP contribution in [0.25, 0.3) is 0 Å². The fourth-order valence-corrected chi connectivity index (χ4v) is 2.27. The maximum Gasteiger partial charge on any atom is 0.274 e. The van der Waals surface area contributed by atoms with Crippen LogP contribution in [0.4, 0.5) is 0 Å². The molecule has 0 radical (unpaired) electrons. The topological polar surface area (TPSA) is 64.4 Å². The normalized spacial score (nSPS) is 22.9. The Balaban J connectivity index is 2.24. The van der Waals surface area contributed by atoms with Crippen molar-refractivity contribution >= 4 is 5.91 Å². The van der Waals surface area contributed by atoms with E-state index in [4.69, 9.17) is 4.74 Å². The number of carbonyl (C=O) groups is 1. The van der Waals surface area contributed by atoms with Crippen molar-refractivity contribution < 1.29 is 9.53 Å². The lowest BCUT2D eigenvalue weighted by atomic mass is 10.2. The summed E-state index contributed by atoms with van der Waals surface area (Å²) in [5.74, 6) is -0.141. The summed E-state index contributed by atoms with van der Waals surface area (Å²) in [4.78, 5) is 25.9. The molecule has 6 nitrogen and oxygen atoms in total. The van der Waals surface area contributed by atoms with Crippen molar-refractivity contribution in [2.75, 3.05) is 13.2 Å². The van der Waals surface area contributed by atoms with Gasteiger partial charge in [0, 0.05) is 19.2 Å². The zero-order chi connectivity index (χ0) is 14.7. The second kappa shape index (κ2) is 6.17. The molecule has 2 atom stereocenters. The SMILES string of the molecule is CCCn1nc(C(=O)N2C[C@@H](C)OC[C@@H]2C)ccc1=O. The lowest BCUT2D eigenvalue weighted by Gasteiger charge is -2.36. The average Bonchev–Trinajstić information content (AvgIpc) is 2.43. The summed E-state index contributed by atoms with van der Waals surface area (Å²) in [6.07, 6.45) is 0.826. The van der Waals surface area contributed by atoms with E-state index in [0.29, 0.717) is 25.4 Å². The van der Waals surface area contributed by atoms with Crippen molar-refractivity contribution in [2.45, 2.75) is 45.9 Å². The second-order valence-corrected chi connectivity index (χ2v) is 5.23. The average molecular weight is 279 g/mol. The van der Waals surface area contributed by atoms with Crippen LogP contribution in [0.1, 0.15) is 37.7 Å². The highest BCUT2D eigenvalue weighted by molar-refractivity contribution is 5.92. The Morgan fingerprint density at radius 3 is 2.90 bits per heavy atom. The van der Waals surface area contributed by atoms with Crippen LogP contribution in [-0.2, 0) is 11.3 Å². The molecule has 0 spiro atoms. The van der Waals surface area contributed by atoms with Gasteiger partial charge in [0.1, 0.15) is 5.69 Å². The smallest absolute Gasteiger partial charge is 0.274 e. The van der Waals surface area contributed by atoms with Gasteiger partial charge in [-0.25, -0.2) is 4.68 Å². The van der Waals surface area contributed by atoms with E-state index in [0.717, 1.165) is 6.42 Å². The molecule has 110 valence electrons. The van der Waals surface area contributed by atoms with Gasteiger partial charge in [0.25, 0.3) is 11.5 Å². The molecule has 6 heteroatoms. The number of ether oxygens (including phenoxy) is 1. The predicted octanol–water partition coefficient (Wildman–Crippen LogP) is 0.903. The minimum absolute atomic E-state index is 0.0204. The summed E-state index contributed by atoms with van der Waals surface area (Å²) < 4.78 is 6.87. The first-order valence-electron chi connectivity index (χ1n) is 7.03. The molecule has 1 aliphatic heterocycles. The number of hydrogen-bond acceptors (Lipinski definition) is 4. The number of hydrogen-bond donors (Lipinski definition) is 0. The first-order chi connectivity index (χ1) is 9.52. The van der Waals surface area contributed by atoms with E-state index in [2.05, 4.69) is 5.10 Å². The fraction of sp³-hybridized carbons (Fsp3) is 0.643. The molecule has 0 unspecified atom stereocenters. The molecular weight excluding hydrogens is 258 g/mol. The van der Waals surface area contributed by atoms with Crippen LogP contribution in [0.2, 0.25) is 0 Å². The third kappa shape index (κ3) is 3.07. The van der Waals surface area contributed by atoms with Gasteiger partial charge in [-0.1, -0.05) is 6.92 Å². The van der Waals surface area contributed by atoms with Gasteiger partial charge in [-0.3, -0.25) is 9.59 Å². The van der Waals surface area contributed by atoms with Crippen molar-refractivity contribution in [3.63, 3.8) is 0 Å². The van der Waals surface area contributed by atoms with Crippen molar-refractivity contribution in [2.24, 2.45) is 0 Å². The van der Waals surface area contributed by atoms with Crippen LogP contribution in [0.15, 0.2) is 16.9 Å². The molecule has 1 aromatic heterocycles.